The van der Waals surface area contributed by atoms with E-state index in [0.29, 0.717) is 0 Å². The van der Waals surface area contributed by atoms with Crippen molar-refractivity contribution in [3.63, 3.8) is 0 Å². The first-order valence-corrected chi connectivity index (χ1v) is 1.75. The summed E-state index contributed by atoms with van der Waals surface area (Å²) in [7, 11) is 0. The number of rotatable bonds is 0. The molecule has 0 aliphatic rings. The predicted octanol–water partition coefficient (Wildman–Crippen LogP) is -0.573. The van der Waals surface area contributed by atoms with Gasteiger partial charge >= 0.3 is 35.2 Å². The molecule has 0 aromatic rings. The summed E-state index contributed by atoms with van der Waals surface area (Å²) in [4.78, 5) is 0. The second-order valence-corrected chi connectivity index (χ2v) is 1.45. The predicted molar refractivity (Wildman–Crippen MR) is 11.9 cm³/mol. The molecule has 0 saturated carbocycles. The van der Waals surface area contributed by atoms with Crippen LogP contribution in [0.25, 0.3) is 0 Å². The van der Waals surface area contributed by atoms with Gasteiger partial charge in [0.1, 0.15) is 0 Å². The van der Waals surface area contributed by atoms with Crippen LogP contribution in [0.1, 0.15) is 0 Å². The normalized spacial score (nSPS) is 6.00. The van der Waals surface area contributed by atoms with Gasteiger partial charge in [0.2, 0.25) is 0 Å². The standard InChI is InChI=1S/CH3N2.Mo/c2-1-3;/h(H3,2,3);. The summed E-state index contributed by atoms with van der Waals surface area (Å²) in [6.45, 7) is 0. The van der Waals surface area contributed by atoms with E-state index in [1.807, 2.05) is 0 Å². The van der Waals surface area contributed by atoms with Gasteiger partial charge < -0.3 is 0 Å². The van der Waals surface area contributed by atoms with E-state index >= 15 is 0 Å². The van der Waals surface area contributed by atoms with Crippen LogP contribution in [-0.4, -0.2) is 4.23 Å². The van der Waals surface area contributed by atoms with Crippen LogP contribution in [0, 0.1) is 5.41 Å². The Bertz CT molecular complexity index is 29.0. The topological polar surface area (TPSA) is 49.9 Å². The summed E-state index contributed by atoms with van der Waals surface area (Å²) in [6, 6.07) is 0. The Morgan fingerprint density at radius 3 is 2.00 bits per heavy atom. The molecular formula is CH3MoN2. The van der Waals surface area contributed by atoms with Crippen molar-refractivity contribution in [2.24, 2.45) is 5.73 Å². The van der Waals surface area contributed by atoms with E-state index in [4.69, 9.17) is 11.1 Å². The third-order valence-corrected chi connectivity index (χ3v) is 0. The number of nitrogens with one attached hydrogen (secondary N) is 1. The fraction of sp³-hybridized carbons (Fsp3) is 0. The SMILES string of the molecule is N=[C](N)[Mo]. The van der Waals surface area contributed by atoms with Crippen molar-refractivity contribution in [3.05, 3.63) is 0 Å². The zero-order valence-corrected chi connectivity index (χ0v) is 3.99. The summed E-state index contributed by atoms with van der Waals surface area (Å²) in [5.41, 5.74) is 4.70. The molecule has 0 unspecified atom stereocenters. The number of amidine groups is 1. The first-order chi connectivity index (χ1) is 1.73. The molecule has 0 heterocycles. The minimum atomic E-state index is 0.177. The summed E-state index contributed by atoms with van der Waals surface area (Å²) >= 11 is 1.47. The van der Waals surface area contributed by atoms with E-state index in [9.17, 15) is 0 Å². The first kappa shape index (κ1) is 4.16. The van der Waals surface area contributed by atoms with E-state index in [2.05, 4.69) is 0 Å². The Morgan fingerprint density at radius 2 is 2.00 bits per heavy atom. The van der Waals surface area contributed by atoms with Crippen LogP contribution < -0.4 is 5.73 Å². The van der Waals surface area contributed by atoms with Gasteiger partial charge in [0.05, 0.1) is 0 Å². The van der Waals surface area contributed by atoms with Crippen molar-refractivity contribution >= 4 is 4.23 Å². The molecule has 3 N–H and O–H groups in total. The summed E-state index contributed by atoms with van der Waals surface area (Å²) in [5.74, 6) is 0. The molecule has 0 aromatic carbocycles. The van der Waals surface area contributed by atoms with Crippen molar-refractivity contribution in [3.8, 4) is 0 Å². The van der Waals surface area contributed by atoms with Gasteiger partial charge in [-0.3, -0.25) is 0 Å². The molecule has 4 heavy (non-hydrogen) atoms. The summed E-state index contributed by atoms with van der Waals surface area (Å²) in [5, 5.41) is 6.28. The van der Waals surface area contributed by atoms with Gasteiger partial charge in [-0.05, 0) is 0 Å². The monoisotopic (exact) mass is 141 g/mol. The van der Waals surface area contributed by atoms with Gasteiger partial charge in [-0.15, -0.1) is 0 Å². The summed E-state index contributed by atoms with van der Waals surface area (Å²) < 4.78 is 0.177. The van der Waals surface area contributed by atoms with Gasteiger partial charge in [-0.25, -0.2) is 0 Å². The fourth-order valence-corrected chi connectivity index (χ4v) is 0. The van der Waals surface area contributed by atoms with E-state index in [1.165, 1.54) is 19.8 Å². The Hall–Kier alpha value is 0.158. The quantitative estimate of drug-likeness (QED) is 0.263. The number of hydrogen-bond donors (Lipinski definition) is 2. The van der Waals surface area contributed by atoms with Crippen LogP contribution >= 0.6 is 0 Å². The molecule has 2 nitrogen and oxygen atoms in total. The van der Waals surface area contributed by atoms with Crippen LogP contribution in [0.4, 0.5) is 0 Å². The molecule has 0 aliphatic heterocycles. The van der Waals surface area contributed by atoms with Crippen LogP contribution in [0.3, 0.4) is 0 Å². The molecule has 0 saturated heterocycles. The van der Waals surface area contributed by atoms with Crippen LogP contribution in [0.2, 0.25) is 0 Å². The van der Waals surface area contributed by atoms with Crippen molar-refractivity contribution in [1.82, 2.24) is 0 Å². The molecule has 0 fully saturated rings. The average Bonchev–Trinajstić information content (AvgIpc) is 0.811. The van der Waals surface area contributed by atoms with Crippen LogP contribution in [-0.2, 0) is 19.8 Å². The van der Waals surface area contributed by atoms with Crippen molar-refractivity contribution < 1.29 is 19.8 Å². The van der Waals surface area contributed by atoms with Gasteiger partial charge in [-0.2, -0.15) is 0 Å². The molecule has 0 spiro atoms. The van der Waals surface area contributed by atoms with Gasteiger partial charge in [0.25, 0.3) is 0 Å². The Kier molecular flexibility index (Phi) is 1.53. The molecule has 0 aromatic heterocycles. The van der Waals surface area contributed by atoms with Gasteiger partial charge in [0.15, 0.2) is 0 Å². The number of hydrogen-bond acceptors (Lipinski definition) is 1. The molecule has 0 amide bonds. The summed E-state index contributed by atoms with van der Waals surface area (Å²) in [6.07, 6.45) is 0. The van der Waals surface area contributed by atoms with Gasteiger partial charge in [0, 0.05) is 0 Å². The third kappa shape index (κ3) is 116. The fourth-order valence-electron chi connectivity index (χ4n) is 0. The van der Waals surface area contributed by atoms with Crippen molar-refractivity contribution in [1.29, 1.82) is 5.41 Å². The van der Waals surface area contributed by atoms with Gasteiger partial charge in [-0.1, -0.05) is 0 Å². The van der Waals surface area contributed by atoms with E-state index in [1.54, 1.807) is 0 Å². The molecule has 23 valence electrons. The maximum atomic E-state index is 6.28. The zero-order chi connectivity index (χ0) is 3.58. The van der Waals surface area contributed by atoms with E-state index in [-0.39, 0.29) is 4.23 Å². The van der Waals surface area contributed by atoms with E-state index < -0.39 is 0 Å². The third-order valence-electron chi connectivity index (χ3n) is 0. The molecule has 0 bridgehead atoms. The second kappa shape index (κ2) is 1.47. The number of nitrogens with two attached hydrogens (primary N) is 1. The van der Waals surface area contributed by atoms with Crippen molar-refractivity contribution in [2.45, 2.75) is 0 Å². The zero-order valence-electron chi connectivity index (χ0n) is 1.99. The first-order valence-electron chi connectivity index (χ1n) is 0.743. The van der Waals surface area contributed by atoms with Crippen molar-refractivity contribution in [2.75, 3.05) is 0 Å². The molecule has 0 aliphatic carbocycles. The molecule has 0 radical (unpaired) electrons. The average molecular weight is 139 g/mol. The van der Waals surface area contributed by atoms with Crippen LogP contribution in [0.5, 0.6) is 0 Å². The minimum absolute atomic E-state index is 0.177. The Morgan fingerprint density at radius 1 is 2.00 bits per heavy atom. The molecule has 0 atom stereocenters. The molecular weight excluding hydrogens is 136 g/mol. The maximum absolute atomic E-state index is 6.28. The van der Waals surface area contributed by atoms with Crippen LogP contribution in [0.15, 0.2) is 0 Å². The Balaban J connectivity index is 2.80. The van der Waals surface area contributed by atoms with E-state index in [0.717, 1.165) is 0 Å². The Labute approximate surface area is 35.8 Å². The molecule has 3 heteroatoms. The molecule has 0 rings (SSSR count). The second-order valence-electron chi connectivity index (χ2n) is 0.364.